The first-order valence-corrected chi connectivity index (χ1v) is 13.3. The minimum absolute atomic E-state index is 0.123. The van der Waals surface area contributed by atoms with Gasteiger partial charge in [0.25, 0.3) is 0 Å². The van der Waals surface area contributed by atoms with Gasteiger partial charge in [-0.1, -0.05) is 24.3 Å². The highest BCUT2D eigenvalue weighted by Gasteiger charge is 2.39. The SMILES string of the molecule is O=C1CCC(N2Cc3ccc(CN4CCN(c5cccc6sccc56)CC4)cc3C2S)C(=O)N1. The van der Waals surface area contributed by atoms with E-state index in [2.05, 4.69) is 67.9 Å². The molecule has 0 bridgehead atoms. The lowest BCUT2D eigenvalue weighted by Crippen LogP contribution is -2.51. The van der Waals surface area contributed by atoms with E-state index < -0.39 is 0 Å². The summed E-state index contributed by atoms with van der Waals surface area (Å²) in [5.41, 5.74) is 5.05. The largest absolute Gasteiger partial charge is 0.368 e. The number of anilines is 1. The highest BCUT2D eigenvalue weighted by Crippen LogP contribution is 2.40. The van der Waals surface area contributed by atoms with Crippen molar-refractivity contribution in [2.45, 2.75) is 37.3 Å². The third-order valence-electron chi connectivity index (χ3n) is 7.36. The number of rotatable bonds is 4. The summed E-state index contributed by atoms with van der Waals surface area (Å²) < 4.78 is 1.35. The van der Waals surface area contributed by atoms with Crippen LogP contribution < -0.4 is 10.2 Å². The molecule has 1 aromatic heterocycles. The number of carbonyl (C=O) groups excluding carboxylic acids is 2. The van der Waals surface area contributed by atoms with Crippen LogP contribution in [0.25, 0.3) is 10.1 Å². The predicted molar refractivity (Wildman–Crippen MR) is 139 cm³/mol. The second-order valence-electron chi connectivity index (χ2n) is 9.42. The maximum Gasteiger partial charge on any atom is 0.243 e. The van der Waals surface area contributed by atoms with Crippen LogP contribution in [-0.4, -0.2) is 53.8 Å². The van der Waals surface area contributed by atoms with Crippen molar-refractivity contribution in [3.63, 3.8) is 0 Å². The Morgan fingerprint density at radius 3 is 2.74 bits per heavy atom. The number of carbonyl (C=O) groups is 2. The predicted octanol–water partition coefficient (Wildman–Crippen LogP) is 3.77. The zero-order valence-electron chi connectivity index (χ0n) is 18.9. The second-order valence-corrected chi connectivity index (χ2v) is 10.9. The molecule has 3 aromatic rings. The Morgan fingerprint density at radius 1 is 1.06 bits per heavy atom. The Balaban J connectivity index is 1.10. The van der Waals surface area contributed by atoms with Crippen molar-refractivity contribution < 1.29 is 9.59 Å². The van der Waals surface area contributed by atoms with E-state index in [-0.39, 0.29) is 23.2 Å². The summed E-state index contributed by atoms with van der Waals surface area (Å²) >= 11 is 6.67. The van der Waals surface area contributed by atoms with Gasteiger partial charge in [-0.25, -0.2) is 0 Å². The van der Waals surface area contributed by atoms with Gasteiger partial charge in [-0.05, 0) is 46.7 Å². The number of fused-ring (bicyclic) bond motifs is 2. The molecule has 2 atom stereocenters. The zero-order valence-corrected chi connectivity index (χ0v) is 20.7. The number of amides is 2. The van der Waals surface area contributed by atoms with Gasteiger partial charge < -0.3 is 4.90 Å². The molecule has 3 aliphatic rings. The third kappa shape index (κ3) is 4.02. The number of hydrogen-bond acceptors (Lipinski definition) is 7. The van der Waals surface area contributed by atoms with Crippen molar-refractivity contribution in [3.8, 4) is 0 Å². The van der Waals surface area contributed by atoms with E-state index in [9.17, 15) is 9.59 Å². The van der Waals surface area contributed by atoms with E-state index in [1.54, 1.807) is 11.3 Å². The fraction of sp³-hybridized carbons (Fsp3) is 0.385. The highest BCUT2D eigenvalue weighted by atomic mass is 32.1. The van der Waals surface area contributed by atoms with Gasteiger partial charge in [-0.2, -0.15) is 12.6 Å². The Morgan fingerprint density at radius 2 is 1.91 bits per heavy atom. The fourth-order valence-corrected chi connectivity index (χ4v) is 6.82. The molecule has 2 amide bonds. The molecular weight excluding hydrogens is 464 g/mol. The molecule has 2 fully saturated rings. The van der Waals surface area contributed by atoms with Crippen LogP contribution in [0.3, 0.4) is 0 Å². The van der Waals surface area contributed by atoms with Gasteiger partial charge >= 0.3 is 0 Å². The minimum atomic E-state index is -0.295. The molecule has 4 heterocycles. The molecule has 0 aliphatic carbocycles. The molecule has 6 nitrogen and oxygen atoms in total. The lowest BCUT2D eigenvalue weighted by molar-refractivity contribution is -0.137. The van der Waals surface area contributed by atoms with Crippen molar-refractivity contribution >= 4 is 51.6 Å². The van der Waals surface area contributed by atoms with E-state index in [1.807, 2.05) is 0 Å². The summed E-state index contributed by atoms with van der Waals surface area (Å²) in [6, 6.07) is 15.2. The van der Waals surface area contributed by atoms with Gasteiger partial charge in [0.15, 0.2) is 0 Å². The summed E-state index contributed by atoms with van der Waals surface area (Å²) in [6.45, 7) is 5.73. The van der Waals surface area contributed by atoms with Crippen molar-refractivity contribution in [1.82, 2.24) is 15.1 Å². The average Bonchev–Trinajstić information content (AvgIpc) is 3.45. The molecule has 8 heteroatoms. The summed E-state index contributed by atoms with van der Waals surface area (Å²) in [5, 5.41) is 5.89. The zero-order chi connectivity index (χ0) is 23.2. The monoisotopic (exact) mass is 492 g/mol. The van der Waals surface area contributed by atoms with Crippen molar-refractivity contribution in [3.05, 3.63) is 64.5 Å². The van der Waals surface area contributed by atoms with Gasteiger partial charge in [-0.3, -0.25) is 24.7 Å². The van der Waals surface area contributed by atoms with Gasteiger partial charge in [0.1, 0.15) is 0 Å². The molecular formula is C26H28N4O2S2. The summed E-state index contributed by atoms with van der Waals surface area (Å²) in [6.07, 6.45) is 0.952. The molecule has 176 valence electrons. The lowest BCUT2D eigenvalue weighted by atomic mass is 10.0. The molecule has 0 saturated carbocycles. The minimum Gasteiger partial charge on any atom is -0.368 e. The standard InChI is InChI=1S/C26H28N4O2S2/c31-24-7-6-22(25(32)27-24)30-16-18-5-4-17(14-20(18)26(30)33)15-28-9-11-29(12-10-28)21-2-1-3-23-19(21)8-13-34-23/h1-5,8,13-14,22,26,33H,6-7,9-12,15-16H2,(H,27,31,32). The molecule has 2 unspecified atom stereocenters. The van der Waals surface area contributed by atoms with E-state index >= 15 is 0 Å². The van der Waals surface area contributed by atoms with Crippen molar-refractivity contribution in [2.75, 3.05) is 31.1 Å². The molecule has 2 saturated heterocycles. The number of thiophene rings is 1. The Hall–Kier alpha value is -2.39. The summed E-state index contributed by atoms with van der Waals surface area (Å²) in [7, 11) is 0. The maximum atomic E-state index is 12.4. The van der Waals surface area contributed by atoms with Crippen LogP contribution >= 0.6 is 24.0 Å². The number of thiol groups is 1. The summed E-state index contributed by atoms with van der Waals surface area (Å²) in [5.74, 6) is -0.373. The molecule has 2 aromatic carbocycles. The number of piperidine rings is 1. The third-order valence-corrected chi connectivity index (χ3v) is 8.81. The smallest absolute Gasteiger partial charge is 0.243 e. The van der Waals surface area contributed by atoms with Gasteiger partial charge in [0, 0.05) is 61.5 Å². The van der Waals surface area contributed by atoms with E-state index in [4.69, 9.17) is 12.6 Å². The molecule has 1 N–H and O–H groups in total. The Labute approximate surface area is 208 Å². The highest BCUT2D eigenvalue weighted by molar-refractivity contribution is 7.80. The van der Waals surface area contributed by atoms with Crippen LogP contribution in [0.5, 0.6) is 0 Å². The number of hydrogen-bond donors (Lipinski definition) is 2. The number of benzene rings is 2. The van der Waals surface area contributed by atoms with E-state index in [0.29, 0.717) is 19.4 Å². The van der Waals surface area contributed by atoms with Crippen molar-refractivity contribution in [1.29, 1.82) is 0 Å². The quantitative estimate of drug-likeness (QED) is 0.429. The van der Waals surface area contributed by atoms with Crippen LogP contribution in [0.2, 0.25) is 0 Å². The van der Waals surface area contributed by atoms with E-state index in [0.717, 1.165) is 32.7 Å². The first-order chi connectivity index (χ1) is 16.6. The van der Waals surface area contributed by atoms with E-state index in [1.165, 1.54) is 32.5 Å². The number of nitrogens with zero attached hydrogens (tertiary/aromatic N) is 3. The molecule has 0 radical (unpaired) electrons. The van der Waals surface area contributed by atoms with Gasteiger partial charge in [-0.15, -0.1) is 11.3 Å². The first kappa shape index (κ1) is 22.1. The van der Waals surface area contributed by atoms with Crippen molar-refractivity contribution in [2.24, 2.45) is 0 Å². The lowest BCUT2D eigenvalue weighted by Gasteiger charge is -2.36. The maximum absolute atomic E-state index is 12.4. The topological polar surface area (TPSA) is 55.9 Å². The van der Waals surface area contributed by atoms with Gasteiger partial charge in [0.2, 0.25) is 11.8 Å². The molecule has 6 rings (SSSR count). The van der Waals surface area contributed by atoms with Crippen LogP contribution in [-0.2, 0) is 22.7 Å². The van der Waals surface area contributed by atoms with Crippen LogP contribution in [0.15, 0.2) is 47.8 Å². The second kappa shape index (κ2) is 9.00. The van der Waals surface area contributed by atoms with Crippen LogP contribution in [0, 0.1) is 0 Å². The molecule has 0 spiro atoms. The molecule has 3 aliphatic heterocycles. The normalized spacial score (nSPS) is 24.0. The number of imide groups is 1. The first-order valence-electron chi connectivity index (χ1n) is 11.9. The number of piperazine rings is 1. The Kier molecular flexibility index (Phi) is 5.85. The Bertz CT molecular complexity index is 1250. The van der Waals surface area contributed by atoms with Crippen LogP contribution in [0.1, 0.15) is 34.9 Å². The van der Waals surface area contributed by atoms with Crippen LogP contribution in [0.4, 0.5) is 5.69 Å². The summed E-state index contributed by atoms with van der Waals surface area (Å²) in [4.78, 5) is 31.1. The number of nitrogens with one attached hydrogen (secondary N) is 1. The average molecular weight is 493 g/mol. The molecule has 34 heavy (non-hydrogen) atoms. The fourth-order valence-electron chi connectivity index (χ4n) is 5.53. The van der Waals surface area contributed by atoms with Gasteiger partial charge in [0.05, 0.1) is 11.4 Å².